The first-order valence-corrected chi connectivity index (χ1v) is 6.64. The highest BCUT2D eigenvalue weighted by atomic mass is 79.9. The van der Waals surface area contributed by atoms with E-state index in [1.165, 1.54) is 4.57 Å². The molecule has 1 heterocycles. The van der Waals surface area contributed by atoms with Gasteiger partial charge in [0.25, 0.3) is 0 Å². The van der Waals surface area contributed by atoms with E-state index < -0.39 is 11.6 Å². The SMILES string of the molecule is N#Cc1cccc2c1nc(N)n2-c1cc(F)c(Br)cc1F. The van der Waals surface area contributed by atoms with E-state index in [0.29, 0.717) is 16.6 Å². The van der Waals surface area contributed by atoms with Crippen LogP contribution in [0.15, 0.2) is 34.8 Å². The molecule has 7 heteroatoms. The van der Waals surface area contributed by atoms with Crippen molar-refractivity contribution in [1.29, 1.82) is 5.26 Å². The predicted molar refractivity (Wildman–Crippen MR) is 77.8 cm³/mol. The Bertz CT molecular complexity index is 911. The number of nitrogen functional groups attached to an aromatic ring is 1. The maximum absolute atomic E-state index is 14.1. The smallest absolute Gasteiger partial charge is 0.206 e. The summed E-state index contributed by atoms with van der Waals surface area (Å²) in [5.41, 5.74) is 6.84. The van der Waals surface area contributed by atoms with Crippen molar-refractivity contribution in [2.24, 2.45) is 0 Å². The summed E-state index contributed by atoms with van der Waals surface area (Å²) in [5.74, 6) is -1.30. The topological polar surface area (TPSA) is 67.6 Å². The fourth-order valence-corrected chi connectivity index (χ4v) is 2.46. The maximum atomic E-state index is 14.1. The molecule has 0 amide bonds. The van der Waals surface area contributed by atoms with Crippen molar-refractivity contribution in [1.82, 2.24) is 9.55 Å². The van der Waals surface area contributed by atoms with Crippen LogP contribution in [0.4, 0.5) is 14.7 Å². The molecule has 21 heavy (non-hydrogen) atoms. The quantitative estimate of drug-likeness (QED) is 0.684. The van der Waals surface area contributed by atoms with Gasteiger partial charge in [-0.2, -0.15) is 5.26 Å². The largest absolute Gasteiger partial charge is 0.369 e. The molecular formula is C14H7BrF2N4. The molecule has 0 unspecified atom stereocenters. The number of para-hydroxylation sites is 1. The Kier molecular flexibility index (Phi) is 3.11. The molecule has 3 aromatic rings. The van der Waals surface area contributed by atoms with Crippen LogP contribution in [0.3, 0.4) is 0 Å². The summed E-state index contributed by atoms with van der Waals surface area (Å²) >= 11 is 2.92. The normalized spacial score (nSPS) is 10.8. The summed E-state index contributed by atoms with van der Waals surface area (Å²) in [6, 6.07) is 8.88. The van der Waals surface area contributed by atoms with Crippen LogP contribution in [0.2, 0.25) is 0 Å². The summed E-state index contributed by atoms with van der Waals surface area (Å²) in [5, 5.41) is 9.06. The minimum absolute atomic E-state index is 0.0180. The molecule has 104 valence electrons. The van der Waals surface area contributed by atoms with Gasteiger partial charge >= 0.3 is 0 Å². The van der Waals surface area contributed by atoms with Gasteiger partial charge < -0.3 is 5.73 Å². The van der Waals surface area contributed by atoms with Crippen molar-refractivity contribution in [2.45, 2.75) is 0 Å². The molecule has 2 N–H and O–H groups in total. The number of aromatic nitrogens is 2. The van der Waals surface area contributed by atoms with Crippen LogP contribution < -0.4 is 5.73 Å². The molecule has 0 atom stereocenters. The van der Waals surface area contributed by atoms with Crippen LogP contribution in [0.25, 0.3) is 16.7 Å². The van der Waals surface area contributed by atoms with Gasteiger partial charge in [0.05, 0.1) is 21.2 Å². The first-order valence-electron chi connectivity index (χ1n) is 5.85. The lowest BCUT2D eigenvalue weighted by atomic mass is 10.2. The number of fused-ring (bicyclic) bond motifs is 1. The number of imidazole rings is 1. The molecule has 0 aliphatic heterocycles. The van der Waals surface area contributed by atoms with Gasteiger partial charge in [-0.25, -0.2) is 13.8 Å². The van der Waals surface area contributed by atoms with Gasteiger partial charge in [0.2, 0.25) is 5.95 Å². The molecule has 2 aromatic carbocycles. The predicted octanol–water partition coefficient (Wildman–Crippen LogP) is 3.52. The second kappa shape index (κ2) is 4.82. The van der Waals surface area contributed by atoms with Crippen molar-refractivity contribution in [3.8, 4) is 11.8 Å². The Morgan fingerprint density at radius 1 is 1.24 bits per heavy atom. The Morgan fingerprint density at radius 2 is 2.00 bits per heavy atom. The van der Waals surface area contributed by atoms with Gasteiger partial charge in [0.15, 0.2) is 0 Å². The Morgan fingerprint density at radius 3 is 2.71 bits per heavy atom. The molecule has 0 radical (unpaired) electrons. The molecule has 0 fully saturated rings. The van der Waals surface area contributed by atoms with Gasteiger partial charge in [0, 0.05) is 6.07 Å². The zero-order chi connectivity index (χ0) is 15.1. The third-order valence-electron chi connectivity index (χ3n) is 3.06. The van der Waals surface area contributed by atoms with Gasteiger partial charge in [-0.15, -0.1) is 0 Å². The number of anilines is 1. The van der Waals surface area contributed by atoms with E-state index in [1.54, 1.807) is 18.2 Å². The molecular weight excluding hydrogens is 342 g/mol. The Labute approximate surface area is 126 Å². The number of hydrogen-bond acceptors (Lipinski definition) is 3. The van der Waals surface area contributed by atoms with Crippen molar-refractivity contribution in [3.05, 3.63) is 52.0 Å². The zero-order valence-corrected chi connectivity index (χ0v) is 12.0. The van der Waals surface area contributed by atoms with Crippen LogP contribution in [0, 0.1) is 23.0 Å². The summed E-state index contributed by atoms with van der Waals surface area (Å²) in [6.07, 6.45) is 0. The highest BCUT2D eigenvalue weighted by molar-refractivity contribution is 9.10. The van der Waals surface area contributed by atoms with E-state index >= 15 is 0 Å². The van der Waals surface area contributed by atoms with Crippen molar-refractivity contribution in [3.63, 3.8) is 0 Å². The van der Waals surface area contributed by atoms with Crippen molar-refractivity contribution >= 4 is 32.9 Å². The minimum Gasteiger partial charge on any atom is -0.369 e. The molecule has 0 saturated carbocycles. The lowest BCUT2D eigenvalue weighted by Gasteiger charge is -2.09. The summed E-state index contributed by atoms with van der Waals surface area (Å²) in [7, 11) is 0. The first kappa shape index (κ1) is 13.5. The molecule has 0 spiro atoms. The fourth-order valence-electron chi connectivity index (χ4n) is 2.14. The number of nitriles is 1. The van der Waals surface area contributed by atoms with Crippen LogP contribution in [0.5, 0.6) is 0 Å². The van der Waals surface area contributed by atoms with E-state index in [-0.39, 0.29) is 16.1 Å². The van der Waals surface area contributed by atoms with Crippen LogP contribution >= 0.6 is 15.9 Å². The lowest BCUT2D eigenvalue weighted by molar-refractivity contribution is 0.589. The Hall–Kier alpha value is -2.46. The van der Waals surface area contributed by atoms with Crippen molar-refractivity contribution < 1.29 is 8.78 Å². The lowest BCUT2D eigenvalue weighted by Crippen LogP contribution is -2.04. The van der Waals surface area contributed by atoms with Gasteiger partial charge in [-0.1, -0.05) is 6.07 Å². The van der Waals surface area contributed by atoms with E-state index in [1.807, 2.05) is 6.07 Å². The third kappa shape index (κ3) is 2.04. The fraction of sp³-hybridized carbons (Fsp3) is 0. The van der Waals surface area contributed by atoms with Crippen LogP contribution in [-0.4, -0.2) is 9.55 Å². The van der Waals surface area contributed by atoms with E-state index in [0.717, 1.165) is 12.1 Å². The molecule has 0 aliphatic carbocycles. The number of rotatable bonds is 1. The molecule has 3 rings (SSSR count). The maximum Gasteiger partial charge on any atom is 0.206 e. The molecule has 0 bridgehead atoms. The average Bonchev–Trinajstić information content (AvgIpc) is 2.79. The summed E-state index contributed by atoms with van der Waals surface area (Å²) in [4.78, 5) is 4.07. The summed E-state index contributed by atoms with van der Waals surface area (Å²) in [6.45, 7) is 0. The number of hydrogen-bond donors (Lipinski definition) is 1. The van der Waals surface area contributed by atoms with Crippen molar-refractivity contribution in [2.75, 3.05) is 5.73 Å². The molecule has 0 saturated heterocycles. The first-order chi connectivity index (χ1) is 10.0. The number of halogens is 3. The molecule has 4 nitrogen and oxygen atoms in total. The minimum atomic E-state index is -0.656. The number of nitrogens with zero attached hydrogens (tertiary/aromatic N) is 3. The van der Waals surface area contributed by atoms with E-state index in [2.05, 4.69) is 20.9 Å². The van der Waals surface area contributed by atoms with Crippen LogP contribution in [0.1, 0.15) is 5.56 Å². The molecule has 1 aromatic heterocycles. The van der Waals surface area contributed by atoms with Gasteiger partial charge in [-0.05, 0) is 34.1 Å². The highest BCUT2D eigenvalue weighted by Crippen LogP contribution is 2.29. The standard InChI is InChI=1S/C14H7BrF2N4/c15-8-4-10(17)12(5-9(8)16)21-11-3-1-2-7(6-18)13(11)20-14(21)19/h1-5H,(H2,19,20). The third-order valence-corrected chi connectivity index (χ3v) is 3.67. The van der Waals surface area contributed by atoms with Gasteiger partial charge in [0.1, 0.15) is 23.2 Å². The number of benzene rings is 2. The Balaban J connectivity index is 2.39. The summed E-state index contributed by atoms with van der Waals surface area (Å²) < 4.78 is 29.1. The molecule has 0 aliphatic rings. The van der Waals surface area contributed by atoms with Gasteiger partial charge in [-0.3, -0.25) is 4.57 Å². The monoisotopic (exact) mass is 348 g/mol. The van der Waals surface area contributed by atoms with Crippen LogP contribution in [-0.2, 0) is 0 Å². The van der Waals surface area contributed by atoms with E-state index in [4.69, 9.17) is 11.0 Å². The second-order valence-corrected chi connectivity index (χ2v) is 5.16. The second-order valence-electron chi connectivity index (χ2n) is 4.31. The average molecular weight is 349 g/mol. The van der Waals surface area contributed by atoms with E-state index in [9.17, 15) is 8.78 Å². The number of nitrogens with two attached hydrogens (primary N) is 1. The highest BCUT2D eigenvalue weighted by Gasteiger charge is 2.17. The zero-order valence-electron chi connectivity index (χ0n) is 10.4.